The molecule has 0 radical (unpaired) electrons. The van der Waals surface area contributed by atoms with Crippen molar-refractivity contribution in [3.8, 4) is 5.75 Å². The van der Waals surface area contributed by atoms with Crippen molar-refractivity contribution < 1.29 is 14.6 Å². The summed E-state index contributed by atoms with van der Waals surface area (Å²) in [4.78, 5) is 16.0. The lowest BCUT2D eigenvalue weighted by Gasteiger charge is -2.02. The number of nitrogens with one attached hydrogen (secondary N) is 1. The van der Waals surface area contributed by atoms with E-state index < -0.39 is 0 Å². The van der Waals surface area contributed by atoms with Gasteiger partial charge in [-0.25, -0.2) is 4.98 Å². The van der Waals surface area contributed by atoms with Gasteiger partial charge in [0.25, 0.3) is 5.91 Å². The third kappa shape index (κ3) is 3.06. The molecule has 0 aliphatic carbocycles. The standard InChI is InChI=1S/C12H12N2O3S/c1-17-6-11-14-10(7-18-11)12(16)13-8-2-4-9(15)5-3-8/h2-5,7,15H,6H2,1H3,(H,13,16). The molecule has 2 aromatic rings. The monoisotopic (exact) mass is 264 g/mol. The molecule has 0 saturated carbocycles. The number of phenolic OH excluding ortho intramolecular Hbond substituents is 1. The number of hydrogen-bond donors (Lipinski definition) is 2. The first-order chi connectivity index (χ1) is 8.69. The van der Waals surface area contributed by atoms with Gasteiger partial charge in [-0.1, -0.05) is 0 Å². The average molecular weight is 264 g/mol. The summed E-state index contributed by atoms with van der Waals surface area (Å²) in [6, 6.07) is 6.26. The molecule has 0 atom stereocenters. The van der Waals surface area contributed by atoms with Crippen LogP contribution < -0.4 is 5.32 Å². The fourth-order valence-corrected chi connectivity index (χ4v) is 2.09. The quantitative estimate of drug-likeness (QED) is 0.831. The lowest BCUT2D eigenvalue weighted by molar-refractivity contribution is 0.102. The number of rotatable bonds is 4. The number of amides is 1. The molecule has 0 bridgehead atoms. The molecule has 0 aliphatic rings. The second-order valence-electron chi connectivity index (χ2n) is 3.56. The largest absolute Gasteiger partial charge is 0.508 e. The van der Waals surface area contributed by atoms with Crippen molar-refractivity contribution in [2.75, 3.05) is 12.4 Å². The van der Waals surface area contributed by atoms with Gasteiger partial charge in [0.2, 0.25) is 0 Å². The van der Waals surface area contributed by atoms with E-state index in [4.69, 9.17) is 9.84 Å². The number of carbonyl (C=O) groups is 1. The molecule has 1 aromatic heterocycles. The Morgan fingerprint density at radius 1 is 1.44 bits per heavy atom. The number of anilines is 1. The van der Waals surface area contributed by atoms with Gasteiger partial charge in [-0.05, 0) is 24.3 Å². The Labute approximate surface area is 108 Å². The highest BCUT2D eigenvalue weighted by Gasteiger charge is 2.10. The van der Waals surface area contributed by atoms with E-state index in [2.05, 4.69) is 10.3 Å². The zero-order valence-corrected chi connectivity index (χ0v) is 10.5. The number of hydrogen-bond acceptors (Lipinski definition) is 5. The molecular weight excluding hydrogens is 252 g/mol. The zero-order valence-electron chi connectivity index (χ0n) is 9.71. The summed E-state index contributed by atoms with van der Waals surface area (Å²) >= 11 is 1.38. The smallest absolute Gasteiger partial charge is 0.275 e. The Morgan fingerprint density at radius 3 is 2.83 bits per heavy atom. The van der Waals surface area contributed by atoms with Gasteiger partial charge in [-0.15, -0.1) is 11.3 Å². The molecule has 0 unspecified atom stereocenters. The van der Waals surface area contributed by atoms with Crippen molar-refractivity contribution in [1.29, 1.82) is 0 Å². The van der Waals surface area contributed by atoms with Gasteiger partial charge >= 0.3 is 0 Å². The molecule has 2 N–H and O–H groups in total. The molecule has 18 heavy (non-hydrogen) atoms. The highest BCUT2D eigenvalue weighted by Crippen LogP contribution is 2.16. The van der Waals surface area contributed by atoms with Crippen molar-refractivity contribution in [1.82, 2.24) is 4.98 Å². The molecule has 6 heteroatoms. The van der Waals surface area contributed by atoms with E-state index in [0.29, 0.717) is 18.0 Å². The predicted molar refractivity (Wildman–Crippen MR) is 68.9 cm³/mol. The van der Waals surface area contributed by atoms with E-state index in [1.807, 2.05) is 0 Å². The van der Waals surface area contributed by atoms with Crippen LogP contribution in [-0.2, 0) is 11.3 Å². The fraction of sp³-hybridized carbons (Fsp3) is 0.167. The van der Waals surface area contributed by atoms with Gasteiger partial charge < -0.3 is 15.2 Å². The van der Waals surface area contributed by atoms with Crippen LogP contribution in [0.4, 0.5) is 5.69 Å². The van der Waals surface area contributed by atoms with Crippen LogP contribution in [0, 0.1) is 0 Å². The Balaban J connectivity index is 2.04. The molecule has 0 fully saturated rings. The van der Waals surface area contributed by atoms with Crippen molar-refractivity contribution in [3.05, 3.63) is 40.3 Å². The van der Waals surface area contributed by atoms with Crippen LogP contribution >= 0.6 is 11.3 Å². The maximum atomic E-state index is 11.8. The number of carbonyl (C=O) groups excluding carboxylic acids is 1. The van der Waals surface area contributed by atoms with Crippen molar-refractivity contribution >= 4 is 22.9 Å². The second kappa shape index (κ2) is 5.61. The molecule has 5 nitrogen and oxygen atoms in total. The number of phenols is 1. The molecule has 94 valence electrons. The lowest BCUT2D eigenvalue weighted by Crippen LogP contribution is -2.12. The van der Waals surface area contributed by atoms with Crippen LogP contribution in [0.15, 0.2) is 29.6 Å². The number of aromatic hydroxyl groups is 1. The van der Waals surface area contributed by atoms with E-state index in [1.54, 1.807) is 24.6 Å². The van der Waals surface area contributed by atoms with E-state index in [0.717, 1.165) is 5.01 Å². The Kier molecular flexibility index (Phi) is 3.91. The molecule has 1 amide bonds. The minimum absolute atomic E-state index is 0.157. The summed E-state index contributed by atoms with van der Waals surface area (Å²) in [5, 5.41) is 14.3. The summed E-state index contributed by atoms with van der Waals surface area (Å²) < 4.78 is 4.94. The third-order valence-corrected chi connectivity index (χ3v) is 3.00. The number of nitrogens with zero attached hydrogens (tertiary/aromatic N) is 1. The topological polar surface area (TPSA) is 71.5 Å². The van der Waals surface area contributed by atoms with Crippen LogP contribution in [0.1, 0.15) is 15.5 Å². The number of benzene rings is 1. The van der Waals surface area contributed by atoms with Crippen LogP contribution in [0.5, 0.6) is 5.75 Å². The van der Waals surface area contributed by atoms with Gasteiger partial charge in [0.1, 0.15) is 16.5 Å². The summed E-state index contributed by atoms with van der Waals surface area (Å²) in [5.74, 6) is -0.122. The zero-order chi connectivity index (χ0) is 13.0. The molecule has 0 aliphatic heterocycles. The van der Waals surface area contributed by atoms with Gasteiger partial charge in [0.05, 0.1) is 6.61 Å². The maximum Gasteiger partial charge on any atom is 0.275 e. The van der Waals surface area contributed by atoms with E-state index >= 15 is 0 Å². The highest BCUT2D eigenvalue weighted by molar-refractivity contribution is 7.09. The van der Waals surface area contributed by atoms with Crippen LogP contribution in [-0.4, -0.2) is 23.1 Å². The number of methoxy groups -OCH3 is 1. The Bertz CT molecular complexity index is 537. The lowest BCUT2D eigenvalue weighted by atomic mass is 10.3. The number of aromatic nitrogens is 1. The SMILES string of the molecule is COCc1nc(C(=O)Nc2ccc(O)cc2)cs1. The first-order valence-corrected chi connectivity index (χ1v) is 6.10. The molecule has 2 rings (SSSR count). The first-order valence-electron chi connectivity index (χ1n) is 5.23. The maximum absolute atomic E-state index is 11.8. The third-order valence-electron chi connectivity index (χ3n) is 2.18. The molecule has 0 spiro atoms. The minimum Gasteiger partial charge on any atom is -0.508 e. The summed E-state index contributed by atoms with van der Waals surface area (Å²) in [6.45, 7) is 0.400. The van der Waals surface area contributed by atoms with Gasteiger partial charge in [-0.2, -0.15) is 0 Å². The summed E-state index contributed by atoms with van der Waals surface area (Å²) in [7, 11) is 1.58. The molecule has 0 saturated heterocycles. The second-order valence-corrected chi connectivity index (χ2v) is 4.50. The average Bonchev–Trinajstić information content (AvgIpc) is 2.81. The van der Waals surface area contributed by atoms with Gasteiger partial charge in [0.15, 0.2) is 0 Å². The van der Waals surface area contributed by atoms with Crippen molar-refractivity contribution in [3.63, 3.8) is 0 Å². The summed E-state index contributed by atoms with van der Waals surface area (Å²) in [6.07, 6.45) is 0. The van der Waals surface area contributed by atoms with Crippen molar-refractivity contribution in [2.45, 2.75) is 6.61 Å². The van der Waals surface area contributed by atoms with Crippen LogP contribution in [0.25, 0.3) is 0 Å². The molecule has 1 heterocycles. The minimum atomic E-state index is -0.278. The molecular formula is C12H12N2O3S. The van der Waals surface area contributed by atoms with Gasteiger partial charge in [-0.3, -0.25) is 4.79 Å². The van der Waals surface area contributed by atoms with E-state index in [-0.39, 0.29) is 11.7 Å². The highest BCUT2D eigenvalue weighted by atomic mass is 32.1. The summed E-state index contributed by atoms with van der Waals surface area (Å²) in [5.41, 5.74) is 0.971. The number of ether oxygens (including phenoxy) is 1. The van der Waals surface area contributed by atoms with Crippen LogP contribution in [0.2, 0.25) is 0 Å². The van der Waals surface area contributed by atoms with E-state index in [9.17, 15) is 4.79 Å². The Morgan fingerprint density at radius 2 is 2.17 bits per heavy atom. The van der Waals surface area contributed by atoms with Crippen LogP contribution in [0.3, 0.4) is 0 Å². The first kappa shape index (κ1) is 12.5. The number of thiazole rings is 1. The Hall–Kier alpha value is -1.92. The van der Waals surface area contributed by atoms with E-state index in [1.165, 1.54) is 23.5 Å². The normalized spacial score (nSPS) is 10.3. The van der Waals surface area contributed by atoms with Gasteiger partial charge in [0, 0.05) is 18.2 Å². The molecule has 1 aromatic carbocycles. The predicted octanol–water partition coefficient (Wildman–Crippen LogP) is 2.25. The van der Waals surface area contributed by atoms with Crippen molar-refractivity contribution in [2.24, 2.45) is 0 Å². The fourth-order valence-electron chi connectivity index (χ4n) is 1.34.